The largest absolute Gasteiger partial charge is 0.507 e. The molecule has 15 rings (SSSR count). The van der Waals surface area contributed by atoms with Gasteiger partial charge in [0.2, 0.25) is 53.4 Å². The van der Waals surface area contributed by atoms with Crippen LogP contribution in [0.2, 0.25) is 10.0 Å². The minimum atomic E-state index is -4.87. The average Bonchev–Trinajstić information content (AvgIpc) is 1.09. The number of rotatable bonds is 32. The molecule has 1 aliphatic carbocycles. The van der Waals surface area contributed by atoms with Gasteiger partial charge in [-0.2, -0.15) is 0 Å². The molecule has 7 aromatic carbocycles. The third-order valence-corrected chi connectivity index (χ3v) is 26.6. The second kappa shape index (κ2) is 45.3. The average molecular weight is 1980 g/mol. The molecule has 0 aromatic heterocycles. The van der Waals surface area contributed by atoms with Crippen molar-refractivity contribution in [2.24, 2.45) is 11.7 Å². The molecule has 0 unspecified atom stereocenters. The van der Waals surface area contributed by atoms with E-state index >= 15 is 24.0 Å². The Hall–Kier alpha value is -11.4. The van der Waals surface area contributed by atoms with E-state index in [4.69, 9.17) is 62.1 Å². The van der Waals surface area contributed by atoms with Gasteiger partial charge in [-0.3, -0.25) is 38.1 Å². The molecular formula is C95H116Cl2N11O29P. The van der Waals surface area contributed by atoms with Crippen LogP contribution in [0.5, 0.6) is 46.0 Å². The quantitative estimate of drug-likeness (QED) is 0.0161. The molecular weight excluding hydrogens is 1860 g/mol. The number of carbonyl (C=O) groups is 9. The third kappa shape index (κ3) is 24.0. The Kier molecular flexibility index (Phi) is 34.1. The summed E-state index contributed by atoms with van der Waals surface area (Å²) in [6, 6.07) is 13.2. The molecule has 0 radical (unpaired) electrons. The number of benzene rings is 7. The number of fused-ring (bicyclic) bond motifs is 18. The van der Waals surface area contributed by atoms with E-state index in [0.29, 0.717) is 13.0 Å². The van der Waals surface area contributed by atoms with Gasteiger partial charge < -0.3 is 152 Å². The highest BCUT2D eigenvalue weighted by Gasteiger charge is 2.53. The first-order chi connectivity index (χ1) is 65.7. The molecule has 8 amide bonds. The molecule has 8 aliphatic rings. The van der Waals surface area contributed by atoms with Gasteiger partial charge in [0.15, 0.2) is 29.9 Å². The van der Waals surface area contributed by atoms with E-state index in [1.54, 1.807) is 32.6 Å². The van der Waals surface area contributed by atoms with E-state index in [1.807, 2.05) is 48.5 Å². The maximum atomic E-state index is 16.5. The summed E-state index contributed by atoms with van der Waals surface area (Å²) in [6.07, 6.45) is -13.3. The van der Waals surface area contributed by atoms with Crippen molar-refractivity contribution >= 4 is 84.2 Å². The number of halogens is 2. The number of nitrogens with two attached hydrogens (primary N) is 1. The highest BCUT2D eigenvalue weighted by atomic mass is 35.5. The molecule has 138 heavy (non-hydrogen) atoms. The number of carboxylic acid groups (broad SMARTS) is 1. The van der Waals surface area contributed by atoms with Crippen LogP contribution in [-0.4, -0.2) is 244 Å². The van der Waals surface area contributed by atoms with E-state index < -0.39 is 286 Å². The predicted octanol–water partition coefficient (Wildman–Crippen LogP) is 6.35. The lowest BCUT2D eigenvalue weighted by Gasteiger charge is -2.48. The number of unbranched alkanes of at least 4 members (excludes halogenated alkanes) is 7. The van der Waals surface area contributed by atoms with Crippen LogP contribution in [-0.2, 0) is 68.4 Å². The predicted molar refractivity (Wildman–Crippen MR) is 496 cm³/mol. The fourth-order valence-electron chi connectivity index (χ4n) is 18.1. The van der Waals surface area contributed by atoms with E-state index in [0.717, 1.165) is 128 Å². The number of ether oxygens (including phenoxy) is 7. The molecule has 23 N–H and O–H groups in total. The van der Waals surface area contributed by atoms with Crippen LogP contribution in [0, 0.1) is 5.92 Å². The van der Waals surface area contributed by atoms with Gasteiger partial charge in [0.1, 0.15) is 96.1 Å². The first-order valence-electron chi connectivity index (χ1n) is 45.5. The zero-order valence-corrected chi connectivity index (χ0v) is 78.7. The summed E-state index contributed by atoms with van der Waals surface area (Å²) in [4.78, 5) is 156. The summed E-state index contributed by atoms with van der Waals surface area (Å²) in [5.41, 5.74) is 4.38. The Labute approximate surface area is 803 Å². The number of phenolic OH excluding ortho intramolecular Hbond substituents is 3. The van der Waals surface area contributed by atoms with Crippen LogP contribution in [0.4, 0.5) is 4.79 Å². The number of hydrogen-bond donors (Lipinski definition) is 22. The van der Waals surface area contributed by atoms with Crippen molar-refractivity contribution in [1.82, 2.24) is 52.8 Å². The molecule has 7 aromatic rings. The van der Waals surface area contributed by atoms with Gasteiger partial charge in [-0.25, -0.2) is 9.59 Å². The van der Waals surface area contributed by atoms with Crippen molar-refractivity contribution in [3.05, 3.63) is 176 Å². The topological polar surface area (TPSA) is 616 Å². The Morgan fingerprint density at radius 2 is 1.27 bits per heavy atom. The molecule has 7 heterocycles. The van der Waals surface area contributed by atoms with Gasteiger partial charge in [0.25, 0.3) is 0 Å². The number of likely N-dealkylation sites (N-methyl/N-ethyl adjacent to an activating group) is 1. The SMILES string of the molecule is CCCCCCCCCCN(CCN[C@@]1(C)C[C@H](O[C@H]2[C@H](Oc3c4cc5cc3Oc3ccc(cc3Cl)[C@@H](O)[C@@H](NC(=O)[C@@H](CC(C)C)NC)C(=O)N[C@@H](CC(N)=O)C(=O)N[C@H]5C(=O)N[C@H]3C(=O)N[C@H](C(=O)N[C@H](C(=O)O)c5cc(O)c(CNCP(=O)(O)O)c(O)c5-c5cc3ccc5O)[C@H](O)c3ccc(c(Cl)c3)O4)O[C@H](CO)[C@@H](O)[C@@H]2O)O[C@@H](C)[C@H]1O)C(=O)OCC1c2ccccc2-c2ccccc21. The Morgan fingerprint density at radius 1 is 0.667 bits per heavy atom. The number of phenols is 3. The second-order valence-corrected chi connectivity index (χ2v) is 38.3. The van der Waals surface area contributed by atoms with Crippen LogP contribution in [0.15, 0.2) is 121 Å². The number of carbonyl (C=O) groups excluding carboxylic acids is 8. The minimum absolute atomic E-state index is 0.0487. The van der Waals surface area contributed by atoms with E-state index in [2.05, 4.69) is 54.8 Å². The lowest BCUT2D eigenvalue weighted by molar-refractivity contribution is -0.334. The molecule has 2 saturated heterocycles. The summed E-state index contributed by atoms with van der Waals surface area (Å²) < 4.78 is 58.2. The standard InChI is InChI=1S/C95H116Cl2N11O29P/c1-7-8-9-10-11-12-13-18-30-108(94(127)131-43-58-53-21-16-14-19-51(53)52-20-15-17-22-54(52)58)31-29-101-95(5)40-71(132-46(4)85(95)118)136-84-82(117)81(116)69(42-109)135-93(84)137-83-67-36-50-37-68(83)134-66-28-25-49(35-60(66)97)79(114)77-91(124)105-75(92(125)126)56-38-64(111)57(41-100-44-138(128,129)130)80(115)72(56)55-33-47(23-26-63(55)110)73(88(121)107-77)104-89(122)74(50)103-87(120)62(39-70(98)112)102-90(123)76(106-86(119)61(99-6)32-45(2)3)78(113)48-24-27-65(133-67)59(96)34-48/h14-17,19-28,33-38,45-46,58,61-62,69,71,73-79,81-82,84-85,93,99-101,109-111,113-118H,7-13,18,29-32,39-44H2,1-6H3,(H2,98,112)(H,102,123)(H,103,120)(H,104,122)(H,105,124)(H,106,119)(H,107,121)(H,125,126)(H2,128,129,130)/t46-,61+,62-,69+,71-,73+,74+,75-,76+,77-,78+,79+,81+,82-,84+,85+,93-,95-/m0/s1. The number of aliphatic hydroxyl groups excluding tert-OH is 6. The van der Waals surface area contributed by atoms with Gasteiger partial charge in [-0.1, -0.05) is 156 Å². The van der Waals surface area contributed by atoms with Crippen molar-refractivity contribution in [2.45, 2.75) is 227 Å². The maximum absolute atomic E-state index is 16.5. The number of primary amides is 1. The van der Waals surface area contributed by atoms with Gasteiger partial charge in [0, 0.05) is 60.7 Å². The molecule has 744 valence electrons. The van der Waals surface area contributed by atoms with E-state index in [-0.39, 0.29) is 55.5 Å². The van der Waals surface area contributed by atoms with Gasteiger partial charge >= 0.3 is 19.7 Å². The first-order valence-corrected chi connectivity index (χ1v) is 48.0. The Balaban J connectivity index is 0.930. The normalized spacial score (nSPS) is 25.1. The molecule has 0 spiro atoms. The maximum Gasteiger partial charge on any atom is 0.409 e. The number of hydrogen-bond acceptors (Lipinski definition) is 29. The molecule has 40 nitrogen and oxygen atoms in total. The van der Waals surface area contributed by atoms with Gasteiger partial charge in [0.05, 0.1) is 53.2 Å². The third-order valence-electron chi connectivity index (χ3n) is 25.4. The molecule has 11 bridgehead atoms. The zero-order valence-electron chi connectivity index (χ0n) is 76.3. The summed E-state index contributed by atoms with van der Waals surface area (Å²) in [6.45, 7) is 7.71. The van der Waals surface area contributed by atoms with Crippen LogP contribution in [0.25, 0.3) is 22.3 Å². The van der Waals surface area contributed by atoms with Gasteiger partial charge in [-0.05, 0) is 139 Å². The number of nitrogens with one attached hydrogen (secondary N) is 9. The van der Waals surface area contributed by atoms with Crippen LogP contribution < -0.4 is 67.8 Å². The van der Waals surface area contributed by atoms with Crippen LogP contribution in [0.3, 0.4) is 0 Å². The smallest absolute Gasteiger partial charge is 0.409 e. The summed E-state index contributed by atoms with van der Waals surface area (Å²) in [5.74, 6) is -17.7. The minimum Gasteiger partial charge on any atom is -0.507 e. The number of amides is 8. The fraction of sp³-hybridized carbons (Fsp3) is 0.463. The highest BCUT2D eigenvalue weighted by molar-refractivity contribution is 7.51. The number of aromatic hydroxyl groups is 3. The number of aliphatic hydroxyl groups is 6. The van der Waals surface area contributed by atoms with E-state index in [9.17, 15) is 84.6 Å². The lowest BCUT2D eigenvalue weighted by atomic mass is 9.85. The molecule has 7 aliphatic heterocycles. The van der Waals surface area contributed by atoms with Crippen molar-refractivity contribution in [3.8, 4) is 68.2 Å². The monoisotopic (exact) mass is 1980 g/mol. The summed E-state index contributed by atoms with van der Waals surface area (Å²) in [7, 11) is -3.41. The van der Waals surface area contributed by atoms with Crippen molar-refractivity contribution in [2.75, 3.05) is 46.2 Å². The van der Waals surface area contributed by atoms with Crippen molar-refractivity contribution < 1.29 is 142 Å². The Bertz CT molecular complexity index is 5680. The molecule has 0 saturated carbocycles. The first kappa shape index (κ1) is 104. The van der Waals surface area contributed by atoms with Crippen molar-refractivity contribution in [3.63, 3.8) is 0 Å². The van der Waals surface area contributed by atoms with Crippen molar-refractivity contribution in [1.29, 1.82) is 0 Å². The zero-order chi connectivity index (χ0) is 99.6. The number of aliphatic carboxylic acids is 1. The highest BCUT2D eigenvalue weighted by Crippen LogP contribution is 2.52. The molecule has 43 heteroatoms. The fourth-order valence-corrected chi connectivity index (χ4v) is 19.0. The van der Waals surface area contributed by atoms with Gasteiger partial charge in [-0.15, -0.1) is 0 Å². The number of nitrogens with zero attached hydrogens (tertiary/aromatic N) is 1. The summed E-state index contributed by atoms with van der Waals surface area (Å²) >= 11 is 14.4. The Morgan fingerprint density at radius 3 is 1.87 bits per heavy atom. The number of carboxylic acids is 1. The van der Waals surface area contributed by atoms with Crippen LogP contribution >= 0.6 is 30.8 Å². The van der Waals surface area contributed by atoms with Crippen LogP contribution in [0.1, 0.15) is 186 Å². The lowest BCUT2D eigenvalue weighted by Crippen LogP contribution is -2.66. The second-order valence-electron chi connectivity index (χ2n) is 35.8. The molecule has 2 fully saturated rings. The molecule has 18 atom stereocenters. The summed E-state index contributed by atoms with van der Waals surface area (Å²) in [5, 5.41) is 142. The van der Waals surface area contributed by atoms with E-state index in [1.165, 1.54) is 19.2 Å².